The van der Waals surface area contributed by atoms with Gasteiger partial charge in [-0.2, -0.15) is 0 Å². The van der Waals surface area contributed by atoms with E-state index in [-0.39, 0.29) is 17.5 Å². The number of aromatic nitrogens is 1. The molecule has 0 radical (unpaired) electrons. The minimum absolute atomic E-state index is 0.0261. The monoisotopic (exact) mass is 493 g/mol. The summed E-state index contributed by atoms with van der Waals surface area (Å²) in [6.45, 7) is 1.70. The van der Waals surface area contributed by atoms with Crippen molar-refractivity contribution in [3.05, 3.63) is 57.9 Å². The van der Waals surface area contributed by atoms with Crippen LogP contribution < -0.4 is 14.8 Å². The second-order valence-electron chi connectivity index (χ2n) is 6.43. The molecule has 1 aromatic heterocycles. The Bertz CT molecular complexity index is 1180. The third-order valence-corrected chi connectivity index (χ3v) is 7.31. The van der Waals surface area contributed by atoms with E-state index in [4.69, 9.17) is 4.74 Å². The van der Waals surface area contributed by atoms with E-state index < -0.39 is 16.1 Å². The van der Waals surface area contributed by atoms with Crippen LogP contribution in [-0.4, -0.2) is 25.9 Å². The third-order valence-electron chi connectivity index (χ3n) is 4.32. The van der Waals surface area contributed by atoms with Crippen molar-refractivity contribution < 1.29 is 17.9 Å². The summed E-state index contributed by atoms with van der Waals surface area (Å²) in [6.07, 6.45) is 0. The molecule has 2 N–H and O–H groups in total. The summed E-state index contributed by atoms with van der Waals surface area (Å²) in [5, 5.41) is 4.84. The number of thiazole rings is 1. The number of amides is 1. The van der Waals surface area contributed by atoms with E-state index in [2.05, 4.69) is 31.0 Å². The van der Waals surface area contributed by atoms with Gasteiger partial charge < -0.3 is 10.1 Å². The highest BCUT2D eigenvalue weighted by molar-refractivity contribution is 9.10. The molecule has 2 heterocycles. The molecule has 0 aliphatic carbocycles. The van der Waals surface area contributed by atoms with Crippen molar-refractivity contribution in [3.8, 4) is 16.3 Å². The Morgan fingerprint density at radius 3 is 2.76 bits per heavy atom. The van der Waals surface area contributed by atoms with Crippen LogP contribution in [0.15, 0.2) is 57.3 Å². The number of ether oxygens (including phenoxy) is 1. The largest absolute Gasteiger partial charge is 0.482 e. The first-order chi connectivity index (χ1) is 13.8. The number of carbonyl (C=O) groups excluding carboxylic acids is 1. The van der Waals surface area contributed by atoms with Crippen molar-refractivity contribution in [2.45, 2.75) is 18.0 Å². The normalized spacial score (nSPS) is 14.6. The van der Waals surface area contributed by atoms with Gasteiger partial charge in [-0.15, -0.1) is 11.3 Å². The molecule has 1 aliphatic heterocycles. The van der Waals surface area contributed by atoms with E-state index in [0.717, 1.165) is 10.0 Å². The number of carbonyl (C=O) groups is 1. The quantitative estimate of drug-likeness (QED) is 0.560. The van der Waals surface area contributed by atoms with Crippen LogP contribution in [-0.2, 0) is 14.8 Å². The highest BCUT2D eigenvalue weighted by Gasteiger charge is 2.23. The van der Waals surface area contributed by atoms with Gasteiger partial charge in [0.1, 0.15) is 10.8 Å². The zero-order valence-electron chi connectivity index (χ0n) is 15.2. The maximum absolute atomic E-state index is 12.8. The molecule has 0 fully saturated rings. The van der Waals surface area contributed by atoms with Gasteiger partial charge in [0.15, 0.2) is 11.6 Å². The molecule has 3 aromatic rings. The molecular formula is C19H16BrN3O4S2. The number of sulfonamides is 1. The van der Waals surface area contributed by atoms with Crippen LogP contribution in [0.4, 0.5) is 5.69 Å². The average molecular weight is 494 g/mol. The number of rotatable bonds is 5. The summed E-state index contributed by atoms with van der Waals surface area (Å²) in [6, 6.07) is 12.2. The number of anilines is 1. The lowest BCUT2D eigenvalue weighted by Gasteiger charge is -2.20. The van der Waals surface area contributed by atoms with E-state index in [0.29, 0.717) is 22.0 Å². The molecule has 0 bridgehead atoms. The number of hydrogen-bond acceptors (Lipinski definition) is 6. The lowest BCUT2D eigenvalue weighted by Crippen LogP contribution is -2.28. The van der Waals surface area contributed by atoms with Gasteiger partial charge in [-0.05, 0) is 36.8 Å². The van der Waals surface area contributed by atoms with Crippen molar-refractivity contribution in [1.82, 2.24) is 9.71 Å². The lowest BCUT2D eigenvalue weighted by atomic mass is 10.1. The zero-order chi connectivity index (χ0) is 20.6. The molecule has 7 nitrogen and oxygen atoms in total. The van der Waals surface area contributed by atoms with Gasteiger partial charge in [-0.25, -0.2) is 18.1 Å². The topological polar surface area (TPSA) is 97.4 Å². The first kappa shape index (κ1) is 20.0. The summed E-state index contributed by atoms with van der Waals surface area (Å²) in [7, 11) is -3.81. The number of halogens is 1. The second-order valence-corrected chi connectivity index (χ2v) is 9.87. The summed E-state index contributed by atoms with van der Waals surface area (Å²) >= 11 is 4.64. The summed E-state index contributed by atoms with van der Waals surface area (Å²) in [5.41, 5.74) is 2.07. The van der Waals surface area contributed by atoms with Gasteiger partial charge in [-0.3, -0.25) is 4.79 Å². The van der Waals surface area contributed by atoms with Gasteiger partial charge in [0.25, 0.3) is 15.9 Å². The minimum atomic E-state index is -3.81. The molecule has 1 amide bonds. The van der Waals surface area contributed by atoms with Crippen LogP contribution in [0.25, 0.3) is 10.6 Å². The predicted octanol–water partition coefficient (Wildman–Crippen LogP) is 3.94. The van der Waals surface area contributed by atoms with Gasteiger partial charge >= 0.3 is 0 Å². The molecule has 1 unspecified atom stereocenters. The van der Waals surface area contributed by atoms with Crippen LogP contribution in [0, 0.1) is 0 Å². The Morgan fingerprint density at radius 1 is 1.24 bits per heavy atom. The smallest absolute Gasteiger partial charge is 0.262 e. The predicted molar refractivity (Wildman–Crippen MR) is 115 cm³/mol. The van der Waals surface area contributed by atoms with Crippen molar-refractivity contribution in [3.63, 3.8) is 0 Å². The molecule has 0 saturated heterocycles. The maximum Gasteiger partial charge on any atom is 0.262 e. The average Bonchev–Trinajstić information content (AvgIpc) is 3.19. The molecule has 4 rings (SSSR count). The first-order valence-electron chi connectivity index (χ1n) is 8.62. The molecular weight excluding hydrogens is 478 g/mol. The van der Waals surface area contributed by atoms with Crippen LogP contribution in [0.5, 0.6) is 5.75 Å². The van der Waals surface area contributed by atoms with E-state index in [9.17, 15) is 13.2 Å². The fraction of sp³-hybridized carbons (Fsp3) is 0.158. The Morgan fingerprint density at radius 2 is 2.00 bits per heavy atom. The molecule has 150 valence electrons. The van der Waals surface area contributed by atoms with Gasteiger partial charge in [0.2, 0.25) is 0 Å². The highest BCUT2D eigenvalue weighted by atomic mass is 79.9. The molecule has 0 spiro atoms. The van der Waals surface area contributed by atoms with E-state index >= 15 is 0 Å². The van der Waals surface area contributed by atoms with Crippen LogP contribution in [0.2, 0.25) is 0 Å². The first-order valence-corrected chi connectivity index (χ1v) is 11.8. The SMILES string of the molecule is CC(NS(=O)(=O)c1csc(-c2ccc(Br)cc2)n1)c1ccc2c(c1)NC(=O)CO2. The molecule has 10 heteroatoms. The van der Waals surface area contributed by atoms with E-state index in [1.807, 2.05) is 24.3 Å². The maximum atomic E-state index is 12.8. The van der Waals surface area contributed by atoms with Crippen LogP contribution in [0.1, 0.15) is 18.5 Å². The van der Waals surface area contributed by atoms with E-state index in [1.165, 1.54) is 16.7 Å². The van der Waals surface area contributed by atoms with Crippen molar-refractivity contribution in [1.29, 1.82) is 0 Å². The van der Waals surface area contributed by atoms with Crippen molar-refractivity contribution >= 4 is 48.9 Å². The number of nitrogens with one attached hydrogen (secondary N) is 2. The Labute approximate surface area is 180 Å². The number of nitrogens with zero attached hydrogens (tertiary/aromatic N) is 1. The molecule has 29 heavy (non-hydrogen) atoms. The molecule has 2 aromatic carbocycles. The number of hydrogen-bond donors (Lipinski definition) is 2. The number of benzene rings is 2. The molecule has 1 atom stereocenters. The van der Waals surface area contributed by atoms with Gasteiger partial charge in [0.05, 0.1) is 5.69 Å². The van der Waals surface area contributed by atoms with Crippen LogP contribution in [0.3, 0.4) is 0 Å². The van der Waals surface area contributed by atoms with Crippen LogP contribution >= 0.6 is 27.3 Å². The van der Waals surface area contributed by atoms with Crippen molar-refractivity contribution in [2.75, 3.05) is 11.9 Å². The summed E-state index contributed by atoms with van der Waals surface area (Å²) < 4.78 is 34.5. The van der Waals surface area contributed by atoms with Crippen molar-refractivity contribution in [2.24, 2.45) is 0 Å². The lowest BCUT2D eigenvalue weighted by molar-refractivity contribution is -0.118. The highest BCUT2D eigenvalue weighted by Crippen LogP contribution is 2.31. The molecule has 0 saturated carbocycles. The molecule has 1 aliphatic rings. The summed E-state index contributed by atoms with van der Waals surface area (Å²) in [5.74, 6) is 0.313. The Balaban J connectivity index is 1.53. The van der Waals surface area contributed by atoms with Gasteiger partial charge in [0, 0.05) is 21.5 Å². The Kier molecular flexibility index (Phi) is 5.43. The minimum Gasteiger partial charge on any atom is -0.482 e. The Hall–Kier alpha value is -2.27. The standard InChI is InChI=1S/C19H16BrN3O4S2/c1-11(13-4-7-16-15(8-13)21-17(24)9-27-16)23-29(25,26)18-10-28-19(22-18)12-2-5-14(20)6-3-12/h2-8,10-11,23H,9H2,1H3,(H,21,24). The van der Waals surface area contributed by atoms with Gasteiger partial charge in [-0.1, -0.05) is 34.1 Å². The van der Waals surface area contributed by atoms with E-state index in [1.54, 1.807) is 25.1 Å². The second kappa shape index (κ2) is 7.86. The summed E-state index contributed by atoms with van der Waals surface area (Å²) in [4.78, 5) is 15.8. The zero-order valence-corrected chi connectivity index (χ0v) is 18.4. The third kappa shape index (κ3) is 4.35. The fourth-order valence-electron chi connectivity index (χ4n) is 2.84. The number of fused-ring (bicyclic) bond motifs is 1. The fourth-order valence-corrected chi connectivity index (χ4v) is 5.43.